The number of hydrogen-bond acceptors (Lipinski definition) is 19. The maximum Gasteiger partial charge on any atom is 0.326 e. The molecule has 550 valence electrons. The number of likely N-dealkylation sites (tertiary alicyclic amines) is 4. The number of hydrogen-bond donors (Lipinski definition) is 15. The number of carbonyl (C=O) groups is 16. The lowest BCUT2D eigenvalue weighted by atomic mass is 10.0. The summed E-state index contributed by atoms with van der Waals surface area (Å²) < 4.78 is 0. The van der Waals surface area contributed by atoms with E-state index in [0.29, 0.717) is 30.5 Å². The molecule has 0 radical (unpaired) electrons. The third kappa shape index (κ3) is 22.1. The Hall–Kier alpha value is -10.3. The smallest absolute Gasteiger partial charge is 0.326 e. The molecule has 5 fully saturated rings. The largest absolute Gasteiger partial charge is 0.508 e. The van der Waals surface area contributed by atoms with Crippen molar-refractivity contribution in [1.82, 2.24) is 62.1 Å². The average Bonchev–Trinajstić information content (AvgIpc) is 1.71. The topological polar surface area (TPSA) is 547 Å². The molecule has 2 aromatic rings. The fourth-order valence-corrected chi connectivity index (χ4v) is 13.3. The Balaban J connectivity index is 1.02. The number of nitrogens with zero attached hydrogens (tertiary/aromatic N) is 4. The summed E-state index contributed by atoms with van der Waals surface area (Å²) in [4.78, 5) is 222. The van der Waals surface area contributed by atoms with Crippen molar-refractivity contribution >= 4 is 94.6 Å². The van der Waals surface area contributed by atoms with Crippen molar-refractivity contribution in [2.45, 2.75) is 201 Å². The predicted molar refractivity (Wildman–Crippen MR) is 354 cm³/mol. The van der Waals surface area contributed by atoms with E-state index in [0.717, 1.165) is 11.3 Å². The highest BCUT2D eigenvalue weighted by atomic mass is 16.4. The van der Waals surface area contributed by atoms with Gasteiger partial charge in [-0.15, -0.1) is 0 Å². The highest BCUT2D eigenvalue weighted by Crippen LogP contribution is 2.27. The zero-order valence-corrected chi connectivity index (χ0v) is 56.0. The molecular weight excluding hydrogens is 1320 g/mol. The molecule has 0 aliphatic carbocycles. The molecule has 0 aromatic heterocycles. The maximum absolute atomic E-state index is 14.9. The van der Waals surface area contributed by atoms with E-state index >= 15 is 0 Å². The second-order valence-corrected chi connectivity index (χ2v) is 25.9. The number of carbonyl (C=O) groups excluding carboxylic acids is 15. The maximum atomic E-state index is 14.9. The molecular formula is C66H92N16O19. The SMILES string of the molecule is NC(=O)CC[C@H](NC(=O)[C@H](CO)NC(=O)[C@@H]1CCCN1C(=O)[C@H](Cc1ccccc1)NC(=O)[C@@H]1CCCN1C(=O)[C@H](CCC(N)=O)NC(=O)[C@@H]1CCCN1C(=O)[C@H](CCC(N)=O)NC(=O)[C@@H]1CCCN1)C(=O)N[C@@H](CCC(N)=O)C(=O)N1CCC[C@H]1C(=O)N[C@@H](Cc1ccc(O)cc1)C(=O)O. The molecule has 0 spiro atoms. The van der Waals surface area contributed by atoms with Gasteiger partial charge in [0.1, 0.15) is 72.2 Å². The molecule has 19 N–H and O–H groups in total. The number of aromatic hydroxyl groups is 1. The van der Waals surface area contributed by atoms with Gasteiger partial charge in [-0.3, -0.25) is 71.9 Å². The van der Waals surface area contributed by atoms with Crippen LogP contribution in [0, 0.1) is 0 Å². The summed E-state index contributed by atoms with van der Waals surface area (Å²) >= 11 is 0. The van der Waals surface area contributed by atoms with Crippen LogP contribution in [0.3, 0.4) is 0 Å². The van der Waals surface area contributed by atoms with Gasteiger partial charge in [0.2, 0.25) is 88.6 Å². The van der Waals surface area contributed by atoms with Crippen LogP contribution in [0.5, 0.6) is 5.75 Å². The van der Waals surface area contributed by atoms with Crippen molar-refractivity contribution in [3.63, 3.8) is 0 Å². The molecule has 12 atom stereocenters. The normalized spacial score (nSPS) is 20.7. The quantitative estimate of drug-likeness (QED) is 0.0302. The van der Waals surface area contributed by atoms with Gasteiger partial charge in [0.05, 0.1) is 12.6 Å². The van der Waals surface area contributed by atoms with Crippen molar-refractivity contribution in [2.75, 3.05) is 39.3 Å². The number of nitrogens with two attached hydrogens (primary N) is 4. The Kier molecular flexibility index (Phi) is 28.7. The van der Waals surface area contributed by atoms with E-state index in [-0.39, 0.29) is 115 Å². The van der Waals surface area contributed by atoms with Gasteiger partial charge in [0.15, 0.2) is 0 Å². The van der Waals surface area contributed by atoms with E-state index in [9.17, 15) is 92.0 Å². The van der Waals surface area contributed by atoms with Gasteiger partial charge < -0.3 is 100 Å². The number of primary amides is 4. The summed E-state index contributed by atoms with van der Waals surface area (Å²) in [5.74, 6) is -14.0. The number of aliphatic carboxylic acids is 1. The van der Waals surface area contributed by atoms with E-state index in [4.69, 9.17) is 22.9 Å². The van der Waals surface area contributed by atoms with E-state index < -0.39 is 199 Å². The molecule has 35 heteroatoms. The second-order valence-electron chi connectivity index (χ2n) is 25.9. The Morgan fingerprint density at radius 2 is 0.743 bits per heavy atom. The van der Waals surface area contributed by atoms with E-state index in [1.807, 2.05) is 0 Å². The van der Waals surface area contributed by atoms with Gasteiger partial charge >= 0.3 is 5.97 Å². The third-order valence-electron chi connectivity index (χ3n) is 18.6. The Bertz CT molecular complexity index is 3390. The number of nitrogens with one attached hydrogen (secondary N) is 8. The number of benzene rings is 2. The lowest BCUT2D eigenvalue weighted by molar-refractivity contribution is -0.145. The number of amides is 15. The Morgan fingerprint density at radius 3 is 1.14 bits per heavy atom. The first-order valence-corrected chi connectivity index (χ1v) is 34.0. The minimum absolute atomic E-state index is 0.00464. The number of carboxylic acid groups (broad SMARTS) is 1. The summed E-state index contributed by atoms with van der Waals surface area (Å²) in [5, 5.41) is 51.2. The summed E-state index contributed by atoms with van der Waals surface area (Å²) in [6.45, 7) is -0.496. The monoisotopic (exact) mass is 1410 g/mol. The summed E-state index contributed by atoms with van der Waals surface area (Å²) in [7, 11) is 0. The number of carboxylic acids is 1. The number of phenolic OH excluding ortho intramolecular Hbond substituents is 1. The predicted octanol–water partition coefficient (Wildman–Crippen LogP) is -5.57. The summed E-state index contributed by atoms with van der Waals surface area (Å²) in [5.41, 5.74) is 22.9. The van der Waals surface area contributed by atoms with Gasteiger partial charge in [-0.05, 0) is 120 Å². The molecule has 2 aromatic carbocycles. The van der Waals surface area contributed by atoms with Crippen LogP contribution in [0.25, 0.3) is 0 Å². The van der Waals surface area contributed by atoms with Crippen LogP contribution in [-0.4, -0.2) is 241 Å². The van der Waals surface area contributed by atoms with Crippen LogP contribution in [0.1, 0.15) is 127 Å². The number of phenols is 1. The molecule has 15 amide bonds. The van der Waals surface area contributed by atoms with Gasteiger partial charge in [-0.1, -0.05) is 42.5 Å². The Labute approximate surface area is 581 Å². The number of aliphatic hydroxyl groups is 1. The first-order chi connectivity index (χ1) is 48.1. The van der Waals surface area contributed by atoms with Crippen LogP contribution >= 0.6 is 0 Å². The molecule has 5 aliphatic heterocycles. The van der Waals surface area contributed by atoms with Crippen LogP contribution in [0.2, 0.25) is 0 Å². The molecule has 7 rings (SSSR count). The van der Waals surface area contributed by atoms with Gasteiger partial charge in [-0.25, -0.2) is 4.79 Å². The van der Waals surface area contributed by atoms with Crippen LogP contribution in [-0.2, 0) is 89.6 Å². The van der Waals surface area contributed by atoms with Crippen LogP contribution in [0.15, 0.2) is 54.6 Å². The standard InChI is InChI=1S/C66H92N16O19/c67-51(85)24-20-40(56(90)74-42(22-26-53(69)87)63(97)81-31-7-14-49(81)60(94)77-45(66(100)101)34-37-16-18-38(84)19-17-37)72-57(91)46(35-83)78-61(95)50-15-8-32-82(50)65(99)44(33-36-9-2-1-3-10-36)76-59(93)48-13-6-30-80(48)64(98)43(23-27-54(70)88)75-58(92)47-12-5-29-79(47)62(96)41(21-25-52(68)86)73-55(89)39-11-4-28-71-39/h1-3,9-10,16-19,39-50,71,83-84H,4-8,11-15,20-35H2,(H2,67,85)(H2,68,86)(H2,69,87)(H2,70,88)(H,72,91)(H,73,89)(H,74,90)(H,75,92)(H,76,93)(H,77,94)(H,78,95)(H,100,101)/t39-,40-,41-,42-,43-,44-,45-,46-,47-,48-,49-,50-/m0/s1. The molecule has 5 heterocycles. The lowest BCUT2D eigenvalue weighted by Crippen LogP contribution is -2.61. The molecule has 35 nitrogen and oxygen atoms in total. The number of rotatable bonds is 36. The first kappa shape index (κ1) is 78.0. The summed E-state index contributed by atoms with van der Waals surface area (Å²) in [6, 6.07) is -2.15. The molecule has 0 saturated carbocycles. The third-order valence-corrected chi connectivity index (χ3v) is 18.6. The van der Waals surface area contributed by atoms with Gasteiger partial charge in [0, 0.05) is 64.7 Å². The van der Waals surface area contributed by atoms with Crippen molar-refractivity contribution in [3.05, 3.63) is 65.7 Å². The fraction of sp³-hybridized carbons (Fsp3) is 0.576. The molecule has 0 bridgehead atoms. The zero-order valence-electron chi connectivity index (χ0n) is 56.0. The van der Waals surface area contributed by atoms with Crippen LogP contribution < -0.4 is 65.5 Å². The molecule has 101 heavy (non-hydrogen) atoms. The van der Waals surface area contributed by atoms with Crippen molar-refractivity contribution in [1.29, 1.82) is 0 Å². The van der Waals surface area contributed by atoms with Gasteiger partial charge in [-0.2, -0.15) is 0 Å². The van der Waals surface area contributed by atoms with Crippen molar-refractivity contribution in [3.8, 4) is 5.75 Å². The fourth-order valence-electron chi connectivity index (χ4n) is 13.3. The summed E-state index contributed by atoms with van der Waals surface area (Å²) in [6.07, 6.45) is -0.640. The Morgan fingerprint density at radius 1 is 0.406 bits per heavy atom. The van der Waals surface area contributed by atoms with Crippen molar-refractivity contribution in [2.24, 2.45) is 22.9 Å². The minimum atomic E-state index is -1.84. The van der Waals surface area contributed by atoms with Crippen molar-refractivity contribution < 1.29 is 92.0 Å². The molecule has 0 unspecified atom stereocenters. The van der Waals surface area contributed by atoms with E-state index in [1.165, 1.54) is 39.0 Å². The number of aliphatic hydroxyl groups excluding tert-OH is 1. The minimum Gasteiger partial charge on any atom is -0.508 e. The molecule has 5 aliphatic rings. The zero-order chi connectivity index (χ0) is 73.6. The van der Waals surface area contributed by atoms with E-state index in [2.05, 4.69) is 42.5 Å². The van der Waals surface area contributed by atoms with E-state index in [1.54, 1.807) is 30.3 Å². The highest BCUT2D eigenvalue weighted by molar-refractivity contribution is 6.00. The van der Waals surface area contributed by atoms with Crippen LogP contribution in [0.4, 0.5) is 0 Å². The average molecular weight is 1410 g/mol. The molecule has 5 saturated heterocycles. The second kappa shape index (κ2) is 37.2. The van der Waals surface area contributed by atoms with Gasteiger partial charge in [0.25, 0.3) is 0 Å². The highest BCUT2D eigenvalue weighted by Gasteiger charge is 2.46. The lowest BCUT2D eigenvalue weighted by Gasteiger charge is -2.33. The first-order valence-electron chi connectivity index (χ1n) is 34.0.